The molecule has 1 aromatic rings. The van der Waals surface area contributed by atoms with Crippen LogP contribution < -0.4 is 5.32 Å². The van der Waals surface area contributed by atoms with Crippen LogP contribution in [0.15, 0.2) is 24.5 Å². The summed E-state index contributed by atoms with van der Waals surface area (Å²) in [5.74, 6) is 0.284. The molecule has 0 saturated carbocycles. The van der Waals surface area contributed by atoms with Gasteiger partial charge in [-0.25, -0.2) is 0 Å². The number of hydrogen-bond acceptors (Lipinski definition) is 3. The van der Waals surface area contributed by atoms with Gasteiger partial charge in [0.05, 0.1) is 12.0 Å². The number of ether oxygens (including phenoxy) is 1. The van der Waals surface area contributed by atoms with Crippen LogP contribution in [0.2, 0.25) is 0 Å². The van der Waals surface area contributed by atoms with Crippen LogP contribution >= 0.6 is 0 Å². The van der Waals surface area contributed by atoms with Crippen LogP contribution in [0, 0.1) is 11.3 Å². The van der Waals surface area contributed by atoms with Gasteiger partial charge in [0.1, 0.15) is 0 Å². The van der Waals surface area contributed by atoms with Crippen LogP contribution in [0.1, 0.15) is 45.6 Å². The maximum atomic E-state index is 12.3. The van der Waals surface area contributed by atoms with Gasteiger partial charge in [0.25, 0.3) is 0 Å². The van der Waals surface area contributed by atoms with E-state index in [1.165, 1.54) is 0 Å². The largest absolute Gasteiger partial charge is 0.377 e. The number of rotatable bonds is 4. The van der Waals surface area contributed by atoms with E-state index in [1.807, 2.05) is 19.1 Å². The van der Waals surface area contributed by atoms with Gasteiger partial charge in [0.2, 0.25) is 5.91 Å². The monoisotopic (exact) mass is 290 g/mol. The molecule has 0 bridgehead atoms. The van der Waals surface area contributed by atoms with Gasteiger partial charge in [-0.1, -0.05) is 26.8 Å². The maximum Gasteiger partial charge on any atom is 0.227 e. The molecule has 1 aromatic heterocycles. The summed E-state index contributed by atoms with van der Waals surface area (Å²) in [6.45, 7) is 9.97. The van der Waals surface area contributed by atoms with E-state index in [0.29, 0.717) is 12.5 Å². The third-order valence-corrected chi connectivity index (χ3v) is 4.18. The van der Waals surface area contributed by atoms with Crippen molar-refractivity contribution in [3.8, 4) is 0 Å². The van der Waals surface area contributed by atoms with Crippen molar-refractivity contribution < 1.29 is 9.53 Å². The predicted octanol–water partition coefficient (Wildman–Crippen LogP) is 2.75. The Morgan fingerprint density at radius 1 is 1.52 bits per heavy atom. The fourth-order valence-electron chi connectivity index (χ4n) is 2.97. The van der Waals surface area contributed by atoms with Gasteiger partial charge in [0.15, 0.2) is 0 Å². The second kappa shape index (κ2) is 6.56. The quantitative estimate of drug-likeness (QED) is 0.927. The molecule has 4 heteroatoms. The van der Waals surface area contributed by atoms with Gasteiger partial charge in [-0.15, -0.1) is 0 Å². The number of nitrogens with zero attached hydrogens (tertiary/aromatic N) is 1. The lowest BCUT2D eigenvalue weighted by Crippen LogP contribution is -2.39. The Morgan fingerprint density at radius 3 is 2.90 bits per heavy atom. The molecule has 0 spiro atoms. The van der Waals surface area contributed by atoms with Gasteiger partial charge in [0, 0.05) is 31.5 Å². The van der Waals surface area contributed by atoms with E-state index >= 15 is 0 Å². The highest BCUT2D eigenvalue weighted by Gasteiger charge is 2.37. The van der Waals surface area contributed by atoms with Crippen LogP contribution in [0.3, 0.4) is 0 Å². The summed E-state index contributed by atoms with van der Waals surface area (Å²) in [5, 5.41) is 3.08. The number of nitrogens with one attached hydrogen (secondary N) is 1. The topological polar surface area (TPSA) is 51.2 Å². The Morgan fingerprint density at radius 2 is 2.29 bits per heavy atom. The van der Waals surface area contributed by atoms with Gasteiger partial charge in [-0.3, -0.25) is 9.78 Å². The SMILES string of the molecule is CC(C(=O)NC[C@H]1CCO[C@@H]1C(C)(C)C)c1cccnc1. The Hall–Kier alpha value is -1.42. The molecule has 1 saturated heterocycles. The van der Waals surface area contributed by atoms with E-state index in [1.54, 1.807) is 12.4 Å². The molecule has 2 heterocycles. The third-order valence-electron chi connectivity index (χ3n) is 4.18. The highest BCUT2D eigenvalue weighted by Crippen LogP contribution is 2.34. The lowest BCUT2D eigenvalue weighted by atomic mass is 9.81. The van der Waals surface area contributed by atoms with Crippen molar-refractivity contribution >= 4 is 5.91 Å². The lowest BCUT2D eigenvalue weighted by Gasteiger charge is -2.31. The molecule has 1 aliphatic rings. The molecule has 1 amide bonds. The molecule has 4 nitrogen and oxygen atoms in total. The molecular formula is C17H26N2O2. The van der Waals surface area contributed by atoms with Crippen LogP contribution in [0.25, 0.3) is 0 Å². The molecule has 116 valence electrons. The van der Waals surface area contributed by atoms with Crippen molar-refractivity contribution in [2.45, 2.75) is 46.1 Å². The highest BCUT2D eigenvalue weighted by molar-refractivity contribution is 5.83. The molecule has 2 rings (SSSR count). The summed E-state index contributed by atoms with van der Waals surface area (Å²) in [6, 6.07) is 3.80. The Kier molecular flexibility index (Phi) is 4.99. The molecule has 0 radical (unpaired) electrons. The van der Waals surface area contributed by atoms with E-state index in [-0.39, 0.29) is 23.3 Å². The minimum Gasteiger partial charge on any atom is -0.377 e. The number of amides is 1. The number of aromatic nitrogens is 1. The van der Waals surface area contributed by atoms with E-state index < -0.39 is 0 Å². The molecule has 0 aromatic carbocycles. The number of carbonyl (C=O) groups excluding carboxylic acids is 1. The summed E-state index contributed by atoms with van der Waals surface area (Å²) in [7, 11) is 0. The second-order valence-corrected chi connectivity index (χ2v) is 6.96. The first-order valence-electron chi connectivity index (χ1n) is 7.69. The molecule has 1 N–H and O–H groups in total. The summed E-state index contributed by atoms with van der Waals surface area (Å²) >= 11 is 0. The van der Waals surface area contributed by atoms with Crippen LogP contribution in [-0.4, -0.2) is 30.1 Å². The van der Waals surface area contributed by atoms with E-state index in [2.05, 4.69) is 31.1 Å². The summed E-state index contributed by atoms with van der Waals surface area (Å²) in [6.07, 6.45) is 4.70. The normalized spacial score (nSPS) is 23.8. The first-order chi connectivity index (χ1) is 9.89. The fourth-order valence-corrected chi connectivity index (χ4v) is 2.97. The van der Waals surface area contributed by atoms with Gasteiger partial charge in [-0.2, -0.15) is 0 Å². The zero-order chi connectivity index (χ0) is 15.5. The van der Waals surface area contributed by atoms with E-state index in [9.17, 15) is 4.79 Å². The lowest BCUT2D eigenvalue weighted by molar-refractivity contribution is -0.122. The van der Waals surface area contributed by atoms with Crippen molar-refractivity contribution in [2.24, 2.45) is 11.3 Å². The molecule has 0 aliphatic carbocycles. The summed E-state index contributed by atoms with van der Waals surface area (Å²) < 4.78 is 5.85. The molecule has 3 atom stereocenters. The summed E-state index contributed by atoms with van der Waals surface area (Å²) in [4.78, 5) is 16.3. The minimum absolute atomic E-state index is 0.0579. The third kappa shape index (κ3) is 4.03. The minimum atomic E-state index is -0.172. The van der Waals surface area contributed by atoms with Crippen molar-refractivity contribution in [1.29, 1.82) is 0 Å². The molecular weight excluding hydrogens is 264 g/mol. The molecule has 1 aliphatic heterocycles. The van der Waals surface area contributed by atoms with Gasteiger partial charge in [-0.05, 0) is 30.4 Å². The Balaban J connectivity index is 1.89. The van der Waals surface area contributed by atoms with E-state index in [0.717, 1.165) is 18.6 Å². The van der Waals surface area contributed by atoms with Gasteiger partial charge >= 0.3 is 0 Å². The Bertz CT molecular complexity index is 467. The van der Waals surface area contributed by atoms with Crippen molar-refractivity contribution in [3.05, 3.63) is 30.1 Å². The van der Waals surface area contributed by atoms with Crippen molar-refractivity contribution in [1.82, 2.24) is 10.3 Å². The van der Waals surface area contributed by atoms with Crippen LogP contribution in [0.5, 0.6) is 0 Å². The highest BCUT2D eigenvalue weighted by atomic mass is 16.5. The molecule has 21 heavy (non-hydrogen) atoms. The maximum absolute atomic E-state index is 12.3. The average molecular weight is 290 g/mol. The predicted molar refractivity (Wildman–Crippen MR) is 83.0 cm³/mol. The number of carbonyl (C=O) groups is 1. The van der Waals surface area contributed by atoms with E-state index in [4.69, 9.17) is 4.74 Å². The fraction of sp³-hybridized carbons (Fsp3) is 0.647. The van der Waals surface area contributed by atoms with Crippen LogP contribution in [0.4, 0.5) is 0 Å². The zero-order valence-corrected chi connectivity index (χ0v) is 13.4. The average Bonchev–Trinajstić information content (AvgIpc) is 2.93. The summed E-state index contributed by atoms with van der Waals surface area (Å²) in [5.41, 5.74) is 1.06. The second-order valence-electron chi connectivity index (χ2n) is 6.96. The van der Waals surface area contributed by atoms with Crippen molar-refractivity contribution in [2.75, 3.05) is 13.2 Å². The first-order valence-corrected chi connectivity index (χ1v) is 7.69. The number of pyridine rings is 1. The smallest absolute Gasteiger partial charge is 0.227 e. The first kappa shape index (κ1) is 16.0. The standard InChI is InChI=1S/C17H26N2O2/c1-12(13-6-5-8-18-10-13)16(20)19-11-14-7-9-21-15(14)17(2,3)4/h5-6,8,10,12,14-15H,7,9,11H2,1-4H3,(H,19,20)/t12?,14-,15+/m1/s1. The van der Waals surface area contributed by atoms with Gasteiger partial charge < -0.3 is 10.1 Å². The molecule has 1 unspecified atom stereocenters. The van der Waals surface area contributed by atoms with Crippen LogP contribution in [-0.2, 0) is 9.53 Å². The van der Waals surface area contributed by atoms with Crippen molar-refractivity contribution in [3.63, 3.8) is 0 Å². The molecule has 1 fully saturated rings. The number of hydrogen-bond donors (Lipinski definition) is 1. The zero-order valence-electron chi connectivity index (χ0n) is 13.4. The Labute approximate surface area is 127 Å².